The average molecular weight is 367 g/mol. The van der Waals surface area contributed by atoms with Gasteiger partial charge in [-0.3, -0.25) is 14.4 Å². The molecule has 2 aromatic heterocycles. The molecule has 0 aliphatic heterocycles. The molecule has 1 N–H and O–H groups in total. The molecule has 0 bridgehead atoms. The molecule has 2 aromatic carbocycles. The van der Waals surface area contributed by atoms with E-state index in [1.807, 2.05) is 62.4 Å². The summed E-state index contributed by atoms with van der Waals surface area (Å²) in [5.41, 5.74) is 1.80. The first kappa shape index (κ1) is 18.6. The van der Waals surface area contributed by atoms with Crippen LogP contribution in [0.4, 0.5) is 4.39 Å². The maximum Gasteiger partial charge on any atom is 0.129 e. The summed E-state index contributed by atoms with van der Waals surface area (Å²) < 4.78 is 21.2. The standard InChI is InChI=1S/C12H13NO.C9H7NO.CH3F/c1-9(2)14-12-7-3-6-11-10(12)5-4-8-13-11;11-9-5-1-4-8-7(9)3-2-6-10-8;1-2/h3-9H,1-2H3;1-6,11H;1H3/i;;1D. The molecule has 0 saturated heterocycles. The summed E-state index contributed by atoms with van der Waals surface area (Å²) >= 11 is 0. The van der Waals surface area contributed by atoms with E-state index < -0.39 is 7.15 Å². The van der Waals surface area contributed by atoms with Gasteiger partial charge in [-0.1, -0.05) is 12.1 Å². The molecule has 27 heavy (non-hydrogen) atoms. The number of rotatable bonds is 2. The summed E-state index contributed by atoms with van der Waals surface area (Å²) in [4.78, 5) is 8.35. The van der Waals surface area contributed by atoms with Crippen LogP contribution in [0.1, 0.15) is 15.2 Å². The Morgan fingerprint density at radius 3 is 2.04 bits per heavy atom. The first-order valence-electron chi connectivity index (χ1n) is 9.15. The predicted octanol–water partition coefficient (Wildman–Crippen LogP) is 5.55. The maximum absolute atomic E-state index is 9.96. The Morgan fingerprint density at radius 1 is 0.889 bits per heavy atom. The molecule has 0 amide bonds. The maximum atomic E-state index is 9.96. The Morgan fingerprint density at radius 2 is 1.44 bits per heavy atom. The van der Waals surface area contributed by atoms with Gasteiger partial charge in [-0.2, -0.15) is 0 Å². The topological polar surface area (TPSA) is 55.2 Å². The molecule has 4 aromatic rings. The van der Waals surface area contributed by atoms with Gasteiger partial charge >= 0.3 is 0 Å². The van der Waals surface area contributed by atoms with E-state index in [1.54, 1.807) is 24.5 Å². The number of phenolic OH excluding ortho intramolecular Hbond substituents is 1. The number of aromatic hydroxyl groups is 1. The number of halogens is 1. The summed E-state index contributed by atoms with van der Waals surface area (Å²) in [6.07, 6.45) is 3.70. The SMILES string of the molecule is CC(C)Oc1cccc2ncccc12.Oc1cccc2ncccc12.[2H]CF. The molecule has 2 heterocycles. The Kier molecular flexibility index (Phi) is 6.92. The first-order chi connectivity index (χ1) is 13.6. The van der Waals surface area contributed by atoms with E-state index in [0.717, 1.165) is 27.6 Å². The van der Waals surface area contributed by atoms with Crippen LogP contribution in [0.25, 0.3) is 21.8 Å². The quantitative estimate of drug-likeness (QED) is 0.505. The lowest BCUT2D eigenvalue weighted by Crippen LogP contribution is -2.05. The number of hydrogen-bond donors (Lipinski definition) is 1. The van der Waals surface area contributed by atoms with Crippen LogP contribution in [0.15, 0.2) is 73.1 Å². The molecular formula is C22H23FN2O2. The fourth-order valence-electron chi connectivity index (χ4n) is 2.52. The average Bonchev–Trinajstić information content (AvgIpc) is 2.70. The summed E-state index contributed by atoms with van der Waals surface area (Å²) in [6, 6.07) is 18.8. The smallest absolute Gasteiger partial charge is 0.129 e. The van der Waals surface area contributed by atoms with Gasteiger partial charge in [0, 0.05) is 23.2 Å². The Bertz CT molecular complexity index is 1000. The number of pyridine rings is 2. The van der Waals surface area contributed by atoms with Crippen LogP contribution >= 0.6 is 0 Å². The van der Waals surface area contributed by atoms with E-state index in [0.29, 0.717) is 0 Å². The Hall–Kier alpha value is -3.21. The van der Waals surface area contributed by atoms with Gasteiger partial charge in [-0.15, -0.1) is 0 Å². The lowest BCUT2D eigenvalue weighted by atomic mass is 10.2. The van der Waals surface area contributed by atoms with Crippen molar-refractivity contribution in [3.63, 3.8) is 0 Å². The molecule has 0 spiro atoms. The monoisotopic (exact) mass is 367 g/mol. The Balaban J connectivity index is 0.000000180. The molecule has 0 fully saturated rings. The summed E-state index contributed by atoms with van der Waals surface area (Å²) in [5, 5.41) is 11.2. The molecule has 0 radical (unpaired) electrons. The lowest BCUT2D eigenvalue weighted by molar-refractivity contribution is 0.245. The minimum absolute atomic E-state index is 0.195. The van der Waals surface area contributed by atoms with Crippen LogP contribution in [0, 0.1) is 0 Å². The van der Waals surface area contributed by atoms with Crippen molar-refractivity contribution in [1.29, 1.82) is 0 Å². The van der Waals surface area contributed by atoms with Crippen molar-refractivity contribution in [3.8, 4) is 11.5 Å². The highest BCUT2D eigenvalue weighted by Gasteiger charge is 2.03. The molecule has 0 aliphatic rings. The van der Waals surface area contributed by atoms with Crippen molar-refractivity contribution < 1.29 is 15.6 Å². The van der Waals surface area contributed by atoms with E-state index in [2.05, 4.69) is 9.97 Å². The van der Waals surface area contributed by atoms with Crippen molar-refractivity contribution in [2.75, 3.05) is 7.15 Å². The first-order valence-corrected chi connectivity index (χ1v) is 8.45. The highest BCUT2D eigenvalue weighted by molar-refractivity contribution is 5.85. The zero-order chi connectivity index (χ0) is 20.4. The second-order valence-electron chi connectivity index (χ2n) is 5.84. The van der Waals surface area contributed by atoms with Gasteiger partial charge in [0.1, 0.15) is 11.5 Å². The molecule has 5 heteroatoms. The zero-order valence-electron chi connectivity index (χ0n) is 16.3. The third-order valence-corrected chi connectivity index (χ3v) is 3.59. The van der Waals surface area contributed by atoms with Gasteiger partial charge in [0.05, 0.1) is 25.7 Å². The lowest BCUT2D eigenvalue weighted by Gasteiger charge is -2.11. The molecule has 0 atom stereocenters. The van der Waals surface area contributed by atoms with Crippen molar-refractivity contribution in [2.45, 2.75) is 20.0 Å². The van der Waals surface area contributed by atoms with Crippen molar-refractivity contribution in [1.82, 2.24) is 9.97 Å². The minimum Gasteiger partial charge on any atom is -0.507 e. The van der Waals surface area contributed by atoms with E-state index in [4.69, 9.17) is 6.11 Å². The van der Waals surface area contributed by atoms with Gasteiger partial charge in [-0.05, 0) is 62.4 Å². The van der Waals surface area contributed by atoms with Gasteiger partial charge in [0.25, 0.3) is 0 Å². The van der Waals surface area contributed by atoms with Gasteiger partial charge in [0.2, 0.25) is 0 Å². The molecule has 0 unspecified atom stereocenters. The number of nitrogens with zero attached hydrogens (tertiary/aromatic N) is 2. The van der Waals surface area contributed by atoms with E-state index in [9.17, 15) is 9.50 Å². The number of phenols is 1. The number of fused-ring (bicyclic) bond motifs is 2. The number of ether oxygens (including phenoxy) is 1. The van der Waals surface area contributed by atoms with Crippen LogP contribution in [0.2, 0.25) is 0 Å². The number of alkyl halides is 1. The number of hydrogen-bond acceptors (Lipinski definition) is 4. The van der Waals surface area contributed by atoms with Crippen molar-refractivity contribution in [2.24, 2.45) is 0 Å². The molecule has 4 rings (SSSR count). The van der Waals surface area contributed by atoms with Crippen LogP contribution < -0.4 is 4.74 Å². The number of aromatic nitrogens is 2. The minimum atomic E-state index is -1.00. The third-order valence-electron chi connectivity index (χ3n) is 3.59. The molecule has 4 nitrogen and oxygen atoms in total. The second-order valence-corrected chi connectivity index (χ2v) is 5.84. The predicted molar refractivity (Wildman–Crippen MR) is 108 cm³/mol. The van der Waals surface area contributed by atoms with E-state index >= 15 is 0 Å². The summed E-state index contributed by atoms with van der Waals surface area (Å²) in [5.74, 6) is 1.20. The molecule has 140 valence electrons. The normalized spacial score (nSPS) is 10.4. The van der Waals surface area contributed by atoms with Crippen molar-refractivity contribution >= 4 is 21.8 Å². The van der Waals surface area contributed by atoms with Crippen molar-refractivity contribution in [3.05, 3.63) is 73.1 Å². The summed E-state index contributed by atoms with van der Waals surface area (Å²) in [6.45, 7) is 4.05. The van der Waals surface area contributed by atoms with Crippen LogP contribution in [0.3, 0.4) is 0 Å². The van der Waals surface area contributed by atoms with E-state index in [1.165, 1.54) is 0 Å². The van der Waals surface area contributed by atoms with Crippen LogP contribution in [0.5, 0.6) is 11.5 Å². The van der Waals surface area contributed by atoms with Gasteiger partial charge in [-0.25, -0.2) is 0 Å². The van der Waals surface area contributed by atoms with Crippen LogP contribution in [-0.2, 0) is 0 Å². The third kappa shape index (κ3) is 5.38. The van der Waals surface area contributed by atoms with Gasteiger partial charge < -0.3 is 9.84 Å². The fraction of sp³-hybridized carbons (Fsp3) is 0.182. The van der Waals surface area contributed by atoms with Gasteiger partial charge in [0.15, 0.2) is 0 Å². The second kappa shape index (κ2) is 10.1. The zero-order valence-corrected chi connectivity index (χ0v) is 15.3. The van der Waals surface area contributed by atoms with Crippen LogP contribution in [-0.4, -0.2) is 28.3 Å². The summed E-state index contributed by atoms with van der Waals surface area (Å²) in [7, 11) is -1.00. The highest BCUT2D eigenvalue weighted by Crippen LogP contribution is 2.24. The Labute approximate surface area is 159 Å². The molecule has 0 aliphatic carbocycles. The number of benzene rings is 2. The largest absolute Gasteiger partial charge is 0.507 e. The van der Waals surface area contributed by atoms with E-state index in [-0.39, 0.29) is 11.9 Å². The molecule has 0 saturated carbocycles. The highest BCUT2D eigenvalue weighted by atomic mass is 19.1. The fourth-order valence-corrected chi connectivity index (χ4v) is 2.52. The molecular weight excluding hydrogens is 343 g/mol.